The van der Waals surface area contributed by atoms with Crippen LogP contribution in [0.4, 0.5) is 0 Å². The summed E-state index contributed by atoms with van der Waals surface area (Å²) in [7, 11) is 0. The van der Waals surface area contributed by atoms with Crippen LogP contribution >= 0.6 is 0 Å². The van der Waals surface area contributed by atoms with Crippen LogP contribution in [0, 0.1) is 6.92 Å². The van der Waals surface area contributed by atoms with Gasteiger partial charge in [-0.1, -0.05) is 6.92 Å². The van der Waals surface area contributed by atoms with Gasteiger partial charge in [0.1, 0.15) is 5.76 Å². The maximum Gasteiger partial charge on any atom is 0.257 e. The third-order valence-corrected chi connectivity index (χ3v) is 3.29. The van der Waals surface area contributed by atoms with Crippen molar-refractivity contribution in [1.82, 2.24) is 10.2 Å². The van der Waals surface area contributed by atoms with Gasteiger partial charge in [-0.25, -0.2) is 0 Å². The average Bonchev–Trinajstić information content (AvgIpc) is 2.75. The molecule has 2 rings (SSSR count). The number of likely N-dealkylation sites (tertiary alicyclic amines) is 1. The second kappa shape index (κ2) is 5.36. The lowest BCUT2D eigenvalue weighted by Gasteiger charge is -2.33. The molecule has 1 atom stereocenters. The summed E-state index contributed by atoms with van der Waals surface area (Å²) < 4.78 is 5.19. The van der Waals surface area contributed by atoms with E-state index in [1.807, 2.05) is 11.8 Å². The summed E-state index contributed by atoms with van der Waals surface area (Å²) in [5, 5.41) is 3.41. The monoisotopic (exact) mass is 236 g/mol. The van der Waals surface area contributed by atoms with Gasteiger partial charge in [0, 0.05) is 19.1 Å². The van der Waals surface area contributed by atoms with Gasteiger partial charge in [-0.15, -0.1) is 0 Å². The van der Waals surface area contributed by atoms with Gasteiger partial charge in [-0.05, 0) is 32.4 Å². The number of nitrogens with one attached hydrogen (secondary N) is 1. The average molecular weight is 236 g/mol. The largest absolute Gasteiger partial charge is 0.469 e. The van der Waals surface area contributed by atoms with Gasteiger partial charge >= 0.3 is 0 Å². The van der Waals surface area contributed by atoms with E-state index in [0.717, 1.165) is 32.5 Å². The molecule has 1 N–H and O–H groups in total. The lowest BCUT2D eigenvalue weighted by Crippen LogP contribution is -2.48. The number of amides is 1. The van der Waals surface area contributed by atoms with E-state index in [1.165, 1.54) is 0 Å². The summed E-state index contributed by atoms with van der Waals surface area (Å²) in [5.74, 6) is 0.805. The molecule has 94 valence electrons. The smallest absolute Gasteiger partial charge is 0.257 e. The summed E-state index contributed by atoms with van der Waals surface area (Å²) in [6.07, 6.45) is 3.80. The van der Waals surface area contributed by atoms with Crippen molar-refractivity contribution < 1.29 is 9.21 Å². The lowest BCUT2D eigenvalue weighted by molar-refractivity contribution is 0.0694. The molecule has 0 saturated carbocycles. The molecule has 17 heavy (non-hydrogen) atoms. The van der Waals surface area contributed by atoms with Crippen LogP contribution in [0.3, 0.4) is 0 Å². The van der Waals surface area contributed by atoms with Gasteiger partial charge in [-0.3, -0.25) is 4.79 Å². The zero-order chi connectivity index (χ0) is 12.3. The summed E-state index contributed by atoms with van der Waals surface area (Å²) in [5.41, 5.74) is 0.696. The number of piperidine rings is 1. The van der Waals surface area contributed by atoms with Crippen LogP contribution in [-0.4, -0.2) is 36.5 Å². The Labute approximate surface area is 102 Å². The van der Waals surface area contributed by atoms with Gasteiger partial charge < -0.3 is 14.6 Å². The van der Waals surface area contributed by atoms with Crippen molar-refractivity contribution in [1.29, 1.82) is 0 Å². The number of hydrogen-bond acceptors (Lipinski definition) is 3. The summed E-state index contributed by atoms with van der Waals surface area (Å²) in [4.78, 5) is 14.2. The minimum absolute atomic E-state index is 0.0962. The molecule has 1 aromatic heterocycles. The Morgan fingerprint density at radius 1 is 1.65 bits per heavy atom. The van der Waals surface area contributed by atoms with E-state index in [2.05, 4.69) is 12.2 Å². The van der Waals surface area contributed by atoms with Crippen molar-refractivity contribution in [3.8, 4) is 0 Å². The molecule has 1 aliphatic heterocycles. The molecule has 1 fully saturated rings. The third kappa shape index (κ3) is 2.69. The van der Waals surface area contributed by atoms with Gasteiger partial charge in [0.2, 0.25) is 0 Å². The number of carbonyl (C=O) groups excluding carboxylic acids is 1. The van der Waals surface area contributed by atoms with E-state index in [4.69, 9.17) is 4.42 Å². The van der Waals surface area contributed by atoms with Crippen LogP contribution in [-0.2, 0) is 0 Å². The molecule has 1 amide bonds. The Bertz CT molecular complexity index is 385. The van der Waals surface area contributed by atoms with Crippen LogP contribution < -0.4 is 5.32 Å². The molecule has 1 unspecified atom stereocenters. The topological polar surface area (TPSA) is 45.5 Å². The van der Waals surface area contributed by atoms with Gasteiger partial charge in [0.05, 0.1) is 11.8 Å². The number of furan rings is 1. The molecular formula is C13H20N2O2. The van der Waals surface area contributed by atoms with E-state index in [0.29, 0.717) is 17.4 Å². The van der Waals surface area contributed by atoms with Crippen molar-refractivity contribution in [3.63, 3.8) is 0 Å². The molecule has 1 saturated heterocycles. The molecule has 4 heteroatoms. The van der Waals surface area contributed by atoms with Crippen LogP contribution in [0.2, 0.25) is 0 Å². The highest BCUT2D eigenvalue weighted by Crippen LogP contribution is 2.16. The zero-order valence-corrected chi connectivity index (χ0v) is 10.5. The number of nitrogens with zero attached hydrogens (tertiary/aromatic N) is 1. The predicted molar refractivity (Wildman–Crippen MR) is 66.0 cm³/mol. The van der Waals surface area contributed by atoms with Crippen molar-refractivity contribution in [2.45, 2.75) is 32.7 Å². The molecule has 0 spiro atoms. The molecule has 4 nitrogen and oxygen atoms in total. The quantitative estimate of drug-likeness (QED) is 0.870. The van der Waals surface area contributed by atoms with Gasteiger partial charge in [0.15, 0.2) is 0 Å². The predicted octanol–water partition coefficient (Wildman–Crippen LogP) is 1.80. The first-order valence-electron chi connectivity index (χ1n) is 6.29. The van der Waals surface area contributed by atoms with E-state index in [-0.39, 0.29) is 5.91 Å². The molecule has 0 radical (unpaired) electrons. The summed E-state index contributed by atoms with van der Waals surface area (Å²) in [6, 6.07) is 2.19. The fourth-order valence-corrected chi connectivity index (χ4v) is 2.39. The number of carbonyl (C=O) groups is 1. The Hall–Kier alpha value is -1.29. The van der Waals surface area contributed by atoms with Crippen molar-refractivity contribution in [3.05, 3.63) is 23.7 Å². The fourth-order valence-electron chi connectivity index (χ4n) is 2.39. The number of rotatable bonds is 3. The van der Waals surface area contributed by atoms with Crippen molar-refractivity contribution >= 4 is 5.91 Å². The highest BCUT2D eigenvalue weighted by atomic mass is 16.3. The molecule has 0 bridgehead atoms. The molecule has 1 aromatic rings. The van der Waals surface area contributed by atoms with E-state index in [9.17, 15) is 4.79 Å². The SMILES string of the molecule is CCNC1CCCN(C(=O)c2ccoc2C)C1. The molecule has 0 aromatic carbocycles. The second-order valence-corrected chi connectivity index (χ2v) is 4.54. The fraction of sp³-hybridized carbons (Fsp3) is 0.615. The van der Waals surface area contributed by atoms with E-state index in [1.54, 1.807) is 12.3 Å². The first kappa shape index (κ1) is 12.2. The first-order chi connectivity index (χ1) is 8.22. The lowest BCUT2D eigenvalue weighted by atomic mass is 10.0. The summed E-state index contributed by atoms with van der Waals surface area (Å²) >= 11 is 0. The maximum atomic E-state index is 12.3. The van der Waals surface area contributed by atoms with Crippen LogP contribution in [0.1, 0.15) is 35.9 Å². The molecule has 2 heterocycles. The zero-order valence-electron chi connectivity index (χ0n) is 10.5. The second-order valence-electron chi connectivity index (χ2n) is 4.54. The Morgan fingerprint density at radius 3 is 3.12 bits per heavy atom. The highest BCUT2D eigenvalue weighted by molar-refractivity contribution is 5.95. The Balaban J connectivity index is 2.02. The Kier molecular flexibility index (Phi) is 3.84. The van der Waals surface area contributed by atoms with Crippen LogP contribution in [0.25, 0.3) is 0 Å². The third-order valence-electron chi connectivity index (χ3n) is 3.29. The van der Waals surface area contributed by atoms with Crippen molar-refractivity contribution in [2.24, 2.45) is 0 Å². The van der Waals surface area contributed by atoms with Gasteiger partial charge in [0.25, 0.3) is 5.91 Å². The molecule has 1 aliphatic rings. The molecular weight excluding hydrogens is 216 g/mol. The first-order valence-corrected chi connectivity index (χ1v) is 6.29. The van der Waals surface area contributed by atoms with Crippen molar-refractivity contribution in [2.75, 3.05) is 19.6 Å². The van der Waals surface area contributed by atoms with E-state index >= 15 is 0 Å². The molecule has 0 aliphatic carbocycles. The minimum atomic E-state index is 0.0962. The highest BCUT2D eigenvalue weighted by Gasteiger charge is 2.25. The van der Waals surface area contributed by atoms with Gasteiger partial charge in [-0.2, -0.15) is 0 Å². The van der Waals surface area contributed by atoms with E-state index < -0.39 is 0 Å². The maximum absolute atomic E-state index is 12.3. The number of hydrogen-bond donors (Lipinski definition) is 1. The standard InChI is InChI=1S/C13H20N2O2/c1-3-14-11-5-4-7-15(9-11)13(16)12-6-8-17-10(12)2/h6,8,11,14H,3-5,7,9H2,1-2H3. The number of aryl methyl sites for hydroxylation is 1. The van der Waals surface area contributed by atoms with Crippen LogP contribution in [0.15, 0.2) is 16.7 Å². The normalized spacial score (nSPS) is 20.6. The Morgan fingerprint density at radius 2 is 2.47 bits per heavy atom. The van der Waals surface area contributed by atoms with Crippen LogP contribution in [0.5, 0.6) is 0 Å². The minimum Gasteiger partial charge on any atom is -0.469 e. The summed E-state index contributed by atoms with van der Waals surface area (Å²) in [6.45, 7) is 6.54. The number of likely N-dealkylation sites (N-methyl/N-ethyl adjacent to an activating group) is 1.